The van der Waals surface area contributed by atoms with E-state index in [0.717, 1.165) is 24.9 Å². The largest absolute Gasteiger partial charge is 0.307 e. The molecule has 2 rings (SSSR count). The van der Waals surface area contributed by atoms with E-state index < -0.39 is 0 Å². The fourth-order valence-corrected chi connectivity index (χ4v) is 2.23. The lowest BCUT2D eigenvalue weighted by atomic mass is 9.86. The zero-order valence-electron chi connectivity index (χ0n) is 9.34. The van der Waals surface area contributed by atoms with Gasteiger partial charge in [0.25, 0.3) is 0 Å². The maximum absolute atomic E-state index is 12.1. The molecule has 1 aromatic rings. The Balaban J connectivity index is 2.30. The standard InChI is InChI=1S/C13H17NO/c1-3-14-12-7-5-10-8-9(2)4-6-11(10)13(12)15/h4,6,8,12,14H,3,5,7H2,1-2H3. The van der Waals surface area contributed by atoms with E-state index in [1.54, 1.807) is 0 Å². The maximum atomic E-state index is 12.1. The summed E-state index contributed by atoms with van der Waals surface area (Å²) in [6.07, 6.45) is 1.95. The van der Waals surface area contributed by atoms with Gasteiger partial charge in [-0.1, -0.05) is 30.7 Å². The Morgan fingerprint density at radius 1 is 1.47 bits per heavy atom. The zero-order chi connectivity index (χ0) is 10.8. The number of Topliss-reactive ketones (excluding diaryl/α,β-unsaturated/α-hetero) is 1. The molecular weight excluding hydrogens is 186 g/mol. The van der Waals surface area contributed by atoms with Crippen molar-refractivity contribution >= 4 is 5.78 Å². The molecule has 0 amide bonds. The average molecular weight is 203 g/mol. The van der Waals surface area contributed by atoms with Gasteiger partial charge in [-0.15, -0.1) is 0 Å². The first-order valence-corrected chi connectivity index (χ1v) is 5.59. The van der Waals surface area contributed by atoms with Crippen LogP contribution in [0.15, 0.2) is 18.2 Å². The number of nitrogens with one attached hydrogen (secondary N) is 1. The minimum Gasteiger partial charge on any atom is -0.307 e. The summed E-state index contributed by atoms with van der Waals surface area (Å²) in [5.41, 5.74) is 3.37. The summed E-state index contributed by atoms with van der Waals surface area (Å²) >= 11 is 0. The molecule has 1 aliphatic carbocycles. The molecule has 0 aromatic heterocycles. The van der Waals surface area contributed by atoms with Gasteiger partial charge in [0.1, 0.15) is 0 Å². The molecule has 0 heterocycles. The highest BCUT2D eigenvalue weighted by atomic mass is 16.1. The molecular formula is C13H17NO. The number of likely N-dealkylation sites (N-methyl/N-ethyl adjacent to an activating group) is 1. The lowest BCUT2D eigenvalue weighted by Crippen LogP contribution is -2.40. The number of aryl methyl sites for hydroxylation is 2. The molecule has 0 fully saturated rings. The van der Waals surface area contributed by atoms with E-state index >= 15 is 0 Å². The van der Waals surface area contributed by atoms with E-state index in [0.29, 0.717) is 0 Å². The quantitative estimate of drug-likeness (QED) is 0.797. The van der Waals surface area contributed by atoms with Crippen molar-refractivity contribution in [2.75, 3.05) is 6.54 Å². The number of carbonyl (C=O) groups is 1. The van der Waals surface area contributed by atoms with E-state index in [4.69, 9.17) is 0 Å². The highest BCUT2D eigenvalue weighted by Gasteiger charge is 2.26. The molecule has 0 saturated heterocycles. The summed E-state index contributed by atoms with van der Waals surface area (Å²) in [4.78, 5) is 12.1. The highest BCUT2D eigenvalue weighted by molar-refractivity contribution is 6.02. The Labute approximate surface area is 90.7 Å². The van der Waals surface area contributed by atoms with Crippen LogP contribution in [0.1, 0.15) is 34.8 Å². The molecule has 1 aliphatic rings. The van der Waals surface area contributed by atoms with E-state index in [1.165, 1.54) is 11.1 Å². The van der Waals surface area contributed by atoms with Crippen LogP contribution >= 0.6 is 0 Å². The van der Waals surface area contributed by atoms with Crippen LogP contribution in [-0.4, -0.2) is 18.4 Å². The topological polar surface area (TPSA) is 29.1 Å². The van der Waals surface area contributed by atoms with Gasteiger partial charge in [0.05, 0.1) is 6.04 Å². The third kappa shape index (κ3) is 1.95. The molecule has 0 saturated carbocycles. The van der Waals surface area contributed by atoms with Crippen LogP contribution in [0.2, 0.25) is 0 Å². The van der Waals surface area contributed by atoms with Gasteiger partial charge in [-0.05, 0) is 31.9 Å². The number of ketones is 1. The molecule has 15 heavy (non-hydrogen) atoms. The van der Waals surface area contributed by atoms with Gasteiger partial charge in [-0.2, -0.15) is 0 Å². The zero-order valence-corrected chi connectivity index (χ0v) is 9.34. The number of carbonyl (C=O) groups excluding carboxylic acids is 1. The van der Waals surface area contributed by atoms with Crippen LogP contribution in [0.4, 0.5) is 0 Å². The molecule has 0 spiro atoms. The van der Waals surface area contributed by atoms with E-state index in [-0.39, 0.29) is 11.8 Å². The van der Waals surface area contributed by atoms with Crippen molar-refractivity contribution in [3.63, 3.8) is 0 Å². The number of hydrogen-bond acceptors (Lipinski definition) is 2. The van der Waals surface area contributed by atoms with Gasteiger partial charge in [-0.25, -0.2) is 0 Å². The molecule has 80 valence electrons. The van der Waals surface area contributed by atoms with Crippen molar-refractivity contribution in [3.05, 3.63) is 34.9 Å². The van der Waals surface area contributed by atoms with Gasteiger partial charge in [0.2, 0.25) is 0 Å². The summed E-state index contributed by atoms with van der Waals surface area (Å²) in [6, 6.07) is 6.15. The number of hydrogen-bond donors (Lipinski definition) is 1. The Morgan fingerprint density at radius 2 is 2.27 bits per heavy atom. The maximum Gasteiger partial charge on any atom is 0.180 e. The Morgan fingerprint density at radius 3 is 3.00 bits per heavy atom. The summed E-state index contributed by atoms with van der Waals surface area (Å²) in [6.45, 7) is 4.97. The van der Waals surface area contributed by atoms with Crippen LogP contribution in [0, 0.1) is 6.92 Å². The van der Waals surface area contributed by atoms with Crippen LogP contribution in [0.3, 0.4) is 0 Å². The van der Waals surface area contributed by atoms with E-state index in [2.05, 4.69) is 18.3 Å². The Kier molecular flexibility index (Phi) is 2.87. The minimum absolute atomic E-state index is 0.0326. The fraction of sp³-hybridized carbons (Fsp3) is 0.462. The van der Waals surface area contributed by atoms with Crippen LogP contribution in [0.5, 0.6) is 0 Å². The highest BCUT2D eigenvalue weighted by Crippen LogP contribution is 2.22. The Hall–Kier alpha value is -1.15. The molecule has 2 nitrogen and oxygen atoms in total. The van der Waals surface area contributed by atoms with Crippen LogP contribution < -0.4 is 5.32 Å². The molecule has 1 N–H and O–H groups in total. The molecule has 1 atom stereocenters. The molecule has 1 unspecified atom stereocenters. The van der Waals surface area contributed by atoms with Crippen molar-refractivity contribution in [2.45, 2.75) is 32.7 Å². The van der Waals surface area contributed by atoms with Gasteiger partial charge >= 0.3 is 0 Å². The minimum atomic E-state index is 0.0326. The summed E-state index contributed by atoms with van der Waals surface area (Å²) in [7, 11) is 0. The summed E-state index contributed by atoms with van der Waals surface area (Å²) in [5, 5.41) is 3.24. The van der Waals surface area contributed by atoms with E-state index in [1.807, 2.05) is 19.1 Å². The SMILES string of the molecule is CCNC1CCc2cc(C)ccc2C1=O. The van der Waals surface area contributed by atoms with Crippen LogP contribution in [-0.2, 0) is 6.42 Å². The lowest BCUT2D eigenvalue weighted by molar-refractivity contribution is 0.0929. The normalized spacial score (nSPS) is 20.1. The second kappa shape index (κ2) is 4.15. The van der Waals surface area contributed by atoms with Gasteiger partial charge in [0.15, 0.2) is 5.78 Å². The fourth-order valence-electron chi connectivity index (χ4n) is 2.23. The second-order valence-electron chi connectivity index (χ2n) is 4.17. The van der Waals surface area contributed by atoms with Crippen molar-refractivity contribution in [1.82, 2.24) is 5.32 Å². The van der Waals surface area contributed by atoms with Crippen molar-refractivity contribution in [3.8, 4) is 0 Å². The molecule has 2 heteroatoms. The third-order valence-corrected chi connectivity index (χ3v) is 3.00. The molecule has 1 aromatic carbocycles. The average Bonchev–Trinajstić information content (AvgIpc) is 2.22. The smallest absolute Gasteiger partial charge is 0.180 e. The van der Waals surface area contributed by atoms with Crippen LogP contribution in [0.25, 0.3) is 0 Å². The van der Waals surface area contributed by atoms with Crippen molar-refractivity contribution in [1.29, 1.82) is 0 Å². The van der Waals surface area contributed by atoms with Crippen molar-refractivity contribution in [2.24, 2.45) is 0 Å². The molecule has 0 bridgehead atoms. The van der Waals surface area contributed by atoms with Crippen molar-refractivity contribution < 1.29 is 4.79 Å². The monoisotopic (exact) mass is 203 g/mol. The summed E-state index contributed by atoms with van der Waals surface area (Å²) in [5.74, 6) is 0.262. The first-order valence-electron chi connectivity index (χ1n) is 5.59. The first-order chi connectivity index (χ1) is 7.22. The Bertz CT molecular complexity index is 384. The van der Waals surface area contributed by atoms with E-state index in [9.17, 15) is 4.79 Å². The second-order valence-corrected chi connectivity index (χ2v) is 4.17. The number of fused-ring (bicyclic) bond motifs is 1. The molecule has 0 radical (unpaired) electrons. The van der Waals surface area contributed by atoms with Gasteiger partial charge in [-0.3, -0.25) is 4.79 Å². The predicted molar refractivity (Wildman–Crippen MR) is 61.3 cm³/mol. The summed E-state index contributed by atoms with van der Waals surface area (Å²) < 4.78 is 0. The third-order valence-electron chi connectivity index (χ3n) is 3.00. The lowest BCUT2D eigenvalue weighted by Gasteiger charge is -2.24. The van der Waals surface area contributed by atoms with Gasteiger partial charge in [0, 0.05) is 5.56 Å². The predicted octanol–water partition coefficient (Wildman–Crippen LogP) is 2.10. The van der Waals surface area contributed by atoms with Gasteiger partial charge < -0.3 is 5.32 Å². The number of benzene rings is 1. The first kappa shape index (κ1) is 10.4. The molecule has 0 aliphatic heterocycles. The number of rotatable bonds is 2.